The number of aromatic amines is 1. The minimum Gasteiger partial charge on any atom is -0.440 e. The smallest absolute Gasteiger partial charge is 0.343 e. The van der Waals surface area contributed by atoms with Crippen molar-refractivity contribution < 1.29 is 9.15 Å². The van der Waals surface area contributed by atoms with E-state index < -0.39 is 11.5 Å². The number of nitrogens with two attached hydrogens (primary N) is 1. The highest BCUT2D eigenvalue weighted by atomic mass is 16.5. The normalized spacial score (nSPS) is 16.6. The Morgan fingerprint density at radius 2 is 2.12 bits per heavy atom. The molecule has 6 heteroatoms. The molecule has 0 bridgehead atoms. The first-order chi connectivity index (χ1) is 11.6. The molecule has 0 aliphatic carbocycles. The Morgan fingerprint density at radius 1 is 1.33 bits per heavy atom. The largest absolute Gasteiger partial charge is 0.440 e. The fourth-order valence-electron chi connectivity index (χ4n) is 3.16. The number of hydrogen-bond donors (Lipinski definition) is 2. The van der Waals surface area contributed by atoms with Crippen LogP contribution in [0, 0.1) is 18.3 Å². The van der Waals surface area contributed by atoms with Crippen LogP contribution in [0.2, 0.25) is 0 Å². The van der Waals surface area contributed by atoms with E-state index in [0.717, 1.165) is 16.5 Å². The average molecular weight is 319 g/mol. The van der Waals surface area contributed by atoms with E-state index >= 15 is 0 Å². The molecule has 4 rings (SSSR count). The number of rotatable bonds is 1. The van der Waals surface area contributed by atoms with E-state index in [4.69, 9.17) is 14.9 Å². The molecule has 0 saturated carbocycles. The number of nitriles is 1. The van der Waals surface area contributed by atoms with Gasteiger partial charge in [-0.25, -0.2) is 4.79 Å². The number of nitrogens with zero attached hydrogens (tertiary/aromatic N) is 1. The summed E-state index contributed by atoms with van der Waals surface area (Å²) in [7, 11) is 0. The minimum absolute atomic E-state index is 0.00489. The highest BCUT2D eigenvalue weighted by molar-refractivity contribution is 5.85. The second kappa shape index (κ2) is 5.03. The molecule has 1 aliphatic heterocycles. The summed E-state index contributed by atoms with van der Waals surface area (Å²) in [6.45, 7) is 1.66. The van der Waals surface area contributed by atoms with Crippen LogP contribution in [0.25, 0.3) is 10.9 Å². The fourth-order valence-corrected chi connectivity index (χ4v) is 3.16. The maximum Gasteiger partial charge on any atom is 0.343 e. The summed E-state index contributed by atoms with van der Waals surface area (Å²) >= 11 is 0. The zero-order chi connectivity index (χ0) is 16.8. The van der Waals surface area contributed by atoms with E-state index in [1.807, 2.05) is 24.3 Å². The second-order valence-corrected chi connectivity index (χ2v) is 5.64. The average Bonchev–Trinajstić information content (AvgIpc) is 2.97. The SMILES string of the molecule is Cc1cc2c(c(=O)o1)[C@@H](c1c[nH]c3ccccc13)C(C#N)=C(N)O2. The number of fused-ring (bicyclic) bond motifs is 2. The Morgan fingerprint density at radius 3 is 2.92 bits per heavy atom. The lowest BCUT2D eigenvalue weighted by molar-refractivity contribution is 0.372. The second-order valence-electron chi connectivity index (χ2n) is 5.64. The van der Waals surface area contributed by atoms with Crippen LogP contribution in [-0.4, -0.2) is 4.98 Å². The van der Waals surface area contributed by atoms with Gasteiger partial charge in [0.05, 0.1) is 11.5 Å². The molecule has 0 amide bonds. The highest BCUT2D eigenvalue weighted by Gasteiger charge is 2.35. The number of hydrogen-bond acceptors (Lipinski definition) is 5. The first-order valence-electron chi connectivity index (χ1n) is 7.38. The Hall–Kier alpha value is -3.46. The highest BCUT2D eigenvalue weighted by Crippen LogP contribution is 2.42. The lowest BCUT2D eigenvalue weighted by Gasteiger charge is -2.24. The summed E-state index contributed by atoms with van der Waals surface area (Å²) in [6.07, 6.45) is 1.79. The molecule has 3 N–H and O–H groups in total. The maximum absolute atomic E-state index is 12.5. The summed E-state index contributed by atoms with van der Waals surface area (Å²) in [5, 5.41) is 10.5. The Kier molecular flexibility index (Phi) is 2.97. The van der Waals surface area contributed by atoms with E-state index in [-0.39, 0.29) is 17.0 Å². The van der Waals surface area contributed by atoms with Gasteiger partial charge in [-0.15, -0.1) is 0 Å². The first kappa shape index (κ1) is 14.2. The van der Waals surface area contributed by atoms with Gasteiger partial charge in [-0.1, -0.05) is 18.2 Å². The Bertz CT molecular complexity index is 1100. The molecule has 3 aromatic rings. The third-order valence-electron chi connectivity index (χ3n) is 4.19. The van der Waals surface area contributed by atoms with Gasteiger partial charge >= 0.3 is 5.63 Å². The molecule has 0 fully saturated rings. The summed E-state index contributed by atoms with van der Waals surface area (Å²) in [5.74, 6) is 0.122. The van der Waals surface area contributed by atoms with Crippen LogP contribution in [0.4, 0.5) is 0 Å². The third kappa shape index (κ3) is 1.92. The van der Waals surface area contributed by atoms with Gasteiger partial charge in [-0.05, 0) is 18.6 Å². The number of ether oxygens (including phenoxy) is 1. The van der Waals surface area contributed by atoms with Crippen molar-refractivity contribution in [2.24, 2.45) is 5.73 Å². The van der Waals surface area contributed by atoms with Crippen molar-refractivity contribution in [1.82, 2.24) is 4.98 Å². The lowest BCUT2D eigenvalue weighted by atomic mass is 9.84. The maximum atomic E-state index is 12.5. The van der Waals surface area contributed by atoms with Crippen molar-refractivity contribution in [3.63, 3.8) is 0 Å². The zero-order valence-corrected chi connectivity index (χ0v) is 12.8. The van der Waals surface area contributed by atoms with E-state index in [1.165, 1.54) is 0 Å². The number of aromatic nitrogens is 1. The van der Waals surface area contributed by atoms with Gasteiger partial charge < -0.3 is 19.9 Å². The predicted octanol–water partition coefficient (Wildman–Crippen LogP) is 2.65. The predicted molar refractivity (Wildman–Crippen MR) is 87.3 cm³/mol. The molecule has 0 saturated heterocycles. The number of allylic oxidation sites excluding steroid dienone is 1. The van der Waals surface area contributed by atoms with Crippen molar-refractivity contribution in [3.05, 3.63) is 75.3 Å². The lowest BCUT2D eigenvalue weighted by Crippen LogP contribution is -2.26. The number of H-pyrrole nitrogens is 1. The molecule has 0 radical (unpaired) electrons. The van der Waals surface area contributed by atoms with Crippen LogP contribution in [0.15, 0.2) is 57.2 Å². The molecule has 118 valence electrons. The molecule has 1 aliphatic rings. The van der Waals surface area contributed by atoms with Gasteiger partial charge in [-0.2, -0.15) is 5.26 Å². The van der Waals surface area contributed by atoms with E-state index in [9.17, 15) is 10.1 Å². The minimum atomic E-state index is -0.633. The number of para-hydroxylation sites is 1. The monoisotopic (exact) mass is 319 g/mol. The summed E-state index contributed by atoms with van der Waals surface area (Å²) in [5.41, 5.74) is 7.59. The molecular weight excluding hydrogens is 306 g/mol. The fraction of sp³-hybridized carbons (Fsp3) is 0.111. The van der Waals surface area contributed by atoms with Gasteiger partial charge in [-0.3, -0.25) is 0 Å². The Balaban J connectivity index is 2.07. The van der Waals surface area contributed by atoms with Crippen LogP contribution in [0.3, 0.4) is 0 Å². The van der Waals surface area contributed by atoms with Crippen molar-refractivity contribution in [2.75, 3.05) is 0 Å². The molecule has 3 heterocycles. The number of aryl methyl sites for hydroxylation is 1. The van der Waals surface area contributed by atoms with Gasteiger partial charge in [0.15, 0.2) is 0 Å². The van der Waals surface area contributed by atoms with Gasteiger partial charge in [0, 0.05) is 23.2 Å². The molecular formula is C18H13N3O3. The van der Waals surface area contributed by atoms with Crippen molar-refractivity contribution in [2.45, 2.75) is 12.8 Å². The van der Waals surface area contributed by atoms with Gasteiger partial charge in [0.2, 0.25) is 5.88 Å². The molecule has 6 nitrogen and oxygen atoms in total. The van der Waals surface area contributed by atoms with Gasteiger partial charge in [0.25, 0.3) is 0 Å². The molecule has 1 atom stereocenters. The van der Waals surface area contributed by atoms with E-state index in [1.54, 1.807) is 19.2 Å². The standard InChI is InChI=1S/C18H13N3O3/c1-9-6-14-16(18(22)23-9)15(11(7-19)17(20)24-14)12-8-21-13-5-3-2-4-10(12)13/h2-6,8,15,21H,20H2,1H3/t15-/m1/s1. The summed E-state index contributed by atoms with van der Waals surface area (Å²) in [4.78, 5) is 15.6. The van der Waals surface area contributed by atoms with Crippen molar-refractivity contribution in [1.29, 1.82) is 5.26 Å². The van der Waals surface area contributed by atoms with Crippen LogP contribution in [0.5, 0.6) is 5.75 Å². The van der Waals surface area contributed by atoms with Crippen LogP contribution in [-0.2, 0) is 0 Å². The van der Waals surface area contributed by atoms with E-state index in [0.29, 0.717) is 11.5 Å². The quantitative estimate of drug-likeness (QED) is 0.717. The number of nitrogens with one attached hydrogen (secondary N) is 1. The van der Waals surface area contributed by atoms with Crippen LogP contribution >= 0.6 is 0 Å². The van der Waals surface area contributed by atoms with E-state index in [2.05, 4.69) is 11.1 Å². The van der Waals surface area contributed by atoms with Crippen LogP contribution < -0.4 is 16.1 Å². The van der Waals surface area contributed by atoms with Crippen molar-refractivity contribution >= 4 is 10.9 Å². The summed E-state index contributed by atoms with van der Waals surface area (Å²) < 4.78 is 10.7. The Labute approximate surface area is 136 Å². The number of benzene rings is 1. The summed E-state index contributed by atoms with van der Waals surface area (Å²) in [6, 6.07) is 11.3. The molecule has 0 unspecified atom stereocenters. The molecule has 1 aromatic carbocycles. The first-order valence-corrected chi connectivity index (χ1v) is 7.38. The van der Waals surface area contributed by atoms with Gasteiger partial charge in [0.1, 0.15) is 23.2 Å². The third-order valence-corrected chi connectivity index (χ3v) is 4.19. The molecule has 24 heavy (non-hydrogen) atoms. The zero-order valence-electron chi connectivity index (χ0n) is 12.8. The van der Waals surface area contributed by atoms with Crippen molar-refractivity contribution in [3.8, 4) is 11.8 Å². The molecule has 2 aromatic heterocycles. The molecule has 0 spiro atoms. The van der Waals surface area contributed by atoms with Crippen LogP contribution in [0.1, 0.15) is 22.8 Å². The topological polar surface area (TPSA) is 105 Å².